The van der Waals surface area contributed by atoms with Crippen molar-refractivity contribution in [2.45, 2.75) is 32.8 Å². The van der Waals surface area contributed by atoms with Gasteiger partial charge in [0, 0.05) is 0 Å². The number of unbranched alkanes of at least 4 members (excludes halogenated alkanes) is 1. The van der Waals surface area contributed by atoms with Gasteiger partial charge < -0.3 is 18.9 Å². The normalized spacial score (nSPS) is 11.4. The fourth-order valence-electron chi connectivity index (χ4n) is 0.773. The molecule has 94 valence electrons. The SMILES string of the molecule is CCCCOC(=O)OCC(C)OC(=O)OC. The molecule has 0 heterocycles. The first-order chi connectivity index (χ1) is 7.60. The van der Waals surface area contributed by atoms with E-state index in [1.807, 2.05) is 6.92 Å². The van der Waals surface area contributed by atoms with Gasteiger partial charge in [0.15, 0.2) is 0 Å². The molecule has 0 bridgehead atoms. The maximum absolute atomic E-state index is 11.0. The number of ether oxygens (including phenoxy) is 4. The quantitative estimate of drug-likeness (QED) is 0.517. The van der Waals surface area contributed by atoms with Crippen LogP contribution in [0.2, 0.25) is 0 Å². The van der Waals surface area contributed by atoms with E-state index in [2.05, 4.69) is 9.47 Å². The minimum absolute atomic E-state index is 0.0555. The minimum atomic E-state index is -0.810. The molecule has 0 aromatic heterocycles. The van der Waals surface area contributed by atoms with Crippen molar-refractivity contribution in [2.24, 2.45) is 0 Å². The molecule has 0 radical (unpaired) electrons. The van der Waals surface area contributed by atoms with Crippen LogP contribution in [0.25, 0.3) is 0 Å². The summed E-state index contributed by atoms with van der Waals surface area (Å²) in [6.07, 6.45) is -0.395. The van der Waals surface area contributed by atoms with Gasteiger partial charge in [0.05, 0.1) is 13.7 Å². The Morgan fingerprint density at radius 1 is 1.19 bits per heavy atom. The summed E-state index contributed by atoms with van der Waals surface area (Å²) < 4.78 is 18.4. The lowest BCUT2D eigenvalue weighted by Crippen LogP contribution is -2.22. The fraction of sp³-hybridized carbons (Fsp3) is 0.800. The van der Waals surface area contributed by atoms with Crippen molar-refractivity contribution in [1.29, 1.82) is 0 Å². The van der Waals surface area contributed by atoms with E-state index in [1.54, 1.807) is 6.92 Å². The largest absolute Gasteiger partial charge is 0.508 e. The molecule has 0 fully saturated rings. The molecule has 16 heavy (non-hydrogen) atoms. The van der Waals surface area contributed by atoms with E-state index in [9.17, 15) is 9.59 Å². The van der Waals surface area contributed by atoms with E-state index >= 15 is 0 Å². The number of carbonyl (C=O) groups is 2. The van der Waals surface area contributed by atoms with Crippen molar-refractivity contribution in [3.05, 3.63) is 0 Å². The van der Waals surface area contributed by atoms with Crippen molar-refractivity contribution in [3.63, 3.8) is 0 Å². The van der Waals surface area contributed by atoms with E-state index in [4.69, 9.17) is 9.47 Å². The van der Waals surface area contributed by atoms with Crippen LogP contribution in [0.4, 0.5) is 9.59 Å². The standard InChI is InChI=1S/C10H18O6/c1-4-5-6-14-10(12)15-7-8(2)16-9(11)13-3/h8H,4-7H2,1-3H3. The van der Waals surface area contributed by atoms with E-state index in [0.717, 1.165) is 12.8 Å². The van der Waals surface area contributed by atoms with Crippen LogP contribution in [0.15, 0.2) is 0 Å². The molecule has 0 spiro atoms. The number of methoxy groups -OCH3 is 1. The maximum Gasteiger partial charge on any atom is 0.508 e. The van der Waals surface area contributed by atoms with Gasteiger partial charge >= 0.3 is 12.3 Å². The highest BCUT2D eigenvalue weighted by Gasteiger charge is 2.12. The number of hydrogen-bond donors (Lipinski definition) is 0. The zero-order chi connectivity index (χ0) is 12.4. The first kappa shape index (κ1) is 14.5. The van der Waals surface area contributed by atoms with Crippen molar-refractivity contribution in [2.75, 3.05) is 20.3 Å². The molecule has 0 aliphatic heterocycles. The average Bonchev–Trinajstić information content (AvgIpc) is 2.26. The summed E-state index contributed by atoms with van der Waals surface area (Å²) in [6, 6.07) is 0. The molecule has 0 aromatic rings. The molecular weight excluding hydrogens is 216 g/mol. The molecule has 1 atom stereocenters. The summed E-state index contributed by atoms with van der Waals surface area (Å²) in [7, 11) is 1.20. The molecule has 0 saturated heterocycles. The van der Waals surface area contributed by atoms with Crippen LogP contribution >= 0.6 is 0 Å². The van der Waals surface area contributed by atoms with Crippen molar-refractivity contribution >= 4 is 12.3 Å². The Balaban J connectivity index is 3.54. The lowest BCUT2D eigenvalue weighted by atomic mass is 10.4. The highest BCUT2D eigenvalue weighted by molar-refractivity contribution is 5.60. The van der Waals surface area contributed by atoms with Gasteiger partial charge in [-0.25, -0.2) is 9.59 Å². The van der Waals surface area contributed by atoms with Crippen LogP contribution in [-0.4, -0.2) is 38.7 Å². The van der Waals surface area contributed by atoms with Gasteiger partial charge in [0.1, 0.15) is 12.7 Å². The zero-order valence-corrected chi connectivity index (χ0v) is 9.86. The Morgan fingerprint density at radius 2 is 1.88 bits per heavy atom. The lowest BCUT2D eigenvalue weighted by molar-refractivity contribution is -0.00476. The van der Waals surface area contributed by atoms with E-state index in [0.29, 0.717) is 6.61 Å². The van der Waals surface area contributed by atoms with Crippen molar-refractivity contribution in [1.82, 2.24) is 0 Å². The molecule has 6 nitrogen and oxygen atoms in total. The van der Waals surface area contributed by atoms with Gasteiger partial charge in [-0.1, -0.05) is 13.3 Å². The Labute approximate surface area is 94.8 Å². The molecule has 0 N–H and O–H groups in total. The predicted octanol–water partition coefficient (Wildman–Crippen LogP) is 2.11. The monoisotopic (exact) mass is 234 g/mol. The van der Waals surface area contributed by atoms with Gasteiger partial charge in [-0.3, -0.25) is 0 Å². The number of carbonyl (C=O) groups excluding carboxylic acids is 2. The van der Waals surface area contributed by atoms with Crippen LogP contribution in [0.1, 0.15) is 26.7 Å². The van der Waals surface area contributed by atoms with Gasteiger partial charge in [-0.2, -0.15) is 0 Å². The lowest BCUT2D eigenvalue weighted by Gasteiger charge is -2.12. The molecule has 0 aromatic carbocycles. The Hall–Kier alpha value is -1.46. The molecule has 0 amide bonds. The summed E-state index contributed by atoms with van der Waals surface area (Å²) >= 11 is 0. The molecule has 6 heteroatoms. The van der Waals surface area contributed by atoms with Gasteiger partial charge in [-0.05, 0) is 13.3 Å². The first-order valence-electron chi connectivity index (χ1n) is 5.14. The highest BCUT2D eigenvalue weighted by atomic mass is 16.7. The minimum Gasteiger partial charge on any atom is -0.438 e. The van der Waals surface area contributed by atoms with Crippen LogP contribution in [0, 0.1) is 0 Å². The summed E-state index contributed by atoms with van der Waals surface area (Å²) in [6.45, 7) is 3.85. The number of rotatable bonds is 6. The van der Waals surface area contributed by atoms with Crippen LogP contribution in [0.5, 0.6) is 0 Å². The third kappa shape index (κ3) is 7.90. The number of hydrogen-bond acceptors (Lipinski definition) is 6. The van der Waals surface area contributed by atoms with E-state index in [-0.39, 0.29) is 6.61 Å². The molecule has 0 saturated carbocycles. The first-order valence-corrected chi connectivity index (χ1v) is 5.14. The van der Waals surface area contributed by atoms with Crippen molar-refractivity contribution < 1.29 is 28.5 Å². The predicted molar refractivity (Wildman–Crippen MR) is 55.2 cm³/mol. The summed E-state index contributed by atoms with van der Waals surface area (Å²) in [5.41, 5.74) is 0. The average molecular weight is 234 g/mol. The topological polar surface area (TPSA) is 71.1 Å². The summed E-state index contributed by atoms with van der Waals surface area (Å²) in [5.74, 6) is 0. The molecule has 1 unspecified atom stereocenters. The second-order valence-corrected chi connectivity index (χ2v) is 3.15. The highest BCUT2D eigenvalue weighted by Crippen LogP contribution is 1.97. The summed E-state index contributed by atoms with van der Waals surface area (Å²) in [5, 5.41) is 0. The van der Waals surface area contributed by atoms with Crippen LogP contribution < -0.4 is 0 Å². The Morgan fingerprint density at radius 3 is 2.44 bits per heavy atom. The van der Waals surface area contributed by atoms with Crippen LogP contribution in [-0.2, 0) is 18.9 Å². The molecular formula is C10H18O6. The maximum atomic E-state index is 11.0. The third-order valence-electron chi connectivity index (χ3n) is 1.62. The Bertz CT molecular complexity index is 215. The van der Waals surface area contributed by atoms with Gasteiger partial charge in [0.25, 0.3) is 0 Å². The van der Waals surface area contributed by atoms with Crippen molar-refractivity contribution in [3.8, 4) is 0 Å². The molecule has 0 aliphatic carbocycles. The molecule has 0 aliphatic rings. The second-order valence-electron chi connectivity index (χ2n) is 3.15. The Kier molecular flexibility index (Phi) is 8.01. The second kappa shape index (κ2) is 8.82. The van der Waals surface area contributed by atoms with Gasteiger partial charge in [0.2, 0.25) is 0 Å². The smallest absolute Gasteiger partial charge is 0.438 e. The van der Waals surface area contributed by atoms with Gasteiger partial charge in [-0.15, -0.1) is 0 Å². The van der Waals surface area contributed by atoms with E-state index in [1.165, 1.54) is 7.11 Å². The fourth-order valence-corrected chi connectivity index (χ4v) is 0.773. The third-order valence-corrected chi connectivity index (χ3v) is 1.62. The van der Waals surface area contributed by atoms with E-state index < -0.39 is 18.4 Å². The van der Waals surface area contributed by atoms with Crippen LogP contribution in [0.3, 0.4) is 0 Å². The zero-order valence-electron chi connectivity index (χ0n) is 9.86. The molecule has 0 rings (SSSR count). The summed E-state index contributed by atoms with van der Waals surface area (Å²) in [4.78, 5) is 21.6.